The van der Waals surface area contributed by atoms with Crippen LogP contribution in [0, 0.1) is 23.2 Å². The lowest BCUT2D eigenvalue weighted by Crippen LogP contribution is -2.44. The molecule has 3 heterocycles. The number of likely N-dealkylation sites (N-methyl/N-ethyl adjacent to an activating group) is 1. The Morgan fingerprint density at radius 3 is 2.58 bits per heavy atom. The Hall–Kier alpha value is -3.62. The number of benzene rings is 2. The molecular formula is C35H43N5. The van der Waals surface area contributed by atoms with Gasteiger partial charge in [0.2, 0.25) is 0 Å². The third-order valence-electron chi connectivity index (χ3n) is 8.71. The quantitative estimate of drug-likeness (QED) is 0.439. The summed E-state index contributed by atoms with van der Waals surface area (Å²) >= 11 is 0. The molecule has 5 heteroatoms. The zero-order chi connectivity index (χ0) is 28.1. The molecule has 2 atom stereocenters. The molecule has 1 N–H and O–H groups in total. The zero-order valence-electron chi connectivity index (χ0n) is 24.4. The maximum absolute atomic E-state index is 8.77. The van der Waals surface area contributed by atoms with E-state index in [0.29, 0.717) is 5.84 Å². The molecule has 40 heavy (non-hydrogen) atoms. The van der Waals surface area contributed by atoms with Gasteiger partial charge in [-0.1, -0.05) is 61.9 Å². The van der Waals surface area contributed by atoms with Gasteiger partial charge >= 0.3 is 0 Å². The molecule has 0 saturated carbocycles. The monoisotopic (exact) mass is 533 g/mol. The van der Waals surface area contributed by atoms with Crippen LogP contribution < -0.4 is 0 Å². The Morgan fingerprint density at radius 2 is 1.85 bits per heavy atom. The summed E-state index contributed by atoms with van der Waals surface area (Å²) < 4.78 is 0. The Morgan fingerprint density at radius 1 is 1.07 bits per heavy atom. The number of aliphatic imine (C=N–C) groups is 1. The summed E-state index contributed by atoms with van der Waals surface area (Å²) in [6.07, 6.45) is 5.94. The summed E-state index contributed by atoms with van der Waals surface area (Å²) in [7, 11) is 2.19. The molecule has 0 aromatic heterocycles. The highest BCUT2D eigenvalue weighted by atomic mass is 15.3. The lowest BCUT2D eigenvalue weighted by molar-refractivity contribution is 0.180. The van der Waals surface area contributed by atoms with Crippen LogP contribution in [-0.4, -0.2) is 66.0 Å². The van der Waals surface area contributed by atoms with Crippen LogP contribution in [0.3, 0.4) is 0 Å². The second-order valence-electron chi connectivity index (χ2n) is 11.4. The smallest absolute Gasteiger partial charge is 0.124 e. The van der Waals surface area contributed by atoms with Crippen molar-refractivity contribution in [3.8, 4) is 11.8 Å². The van der Waals surface area contributed by atoms with Gasteiger partial charge in [0.05, 0.1) is 11.6 Å². The van der Waals surface area contributed by atoms with E-state index in [2.05, 4.69) is 102 Å². The lowest BCUT2D eigenvalue weighted by Gasteiger charge is -2.36. The van der Waals surface area contributed by atoms with Gasteiger partial charge in [0.1, 0.15) is 5.84 Å². The highest BCUT2D eigenvalue weighted by Gasteiger charge is 2.26. The number of hydrogen-bond acceptors (Lipinski definition) is 4. The van der Waals surface area contributed by atoms with Crippen LogP contribution in [0.4, 0.5) is 0 Å². The van der Waals surface area contributed by atoms with E-state index in [0.717, 1.165) is 81.9 Å². The molecule has 0 amide bonds. The van der Waals surface area contributed by atoms with Crippen LogP contribution in [-0.2, 0) is 13.0 Å². The molecule has 0 bridgehead atoms. The molecule has 0 radical (unpaired) electrons. The number of rotatable bonds is 7. The Kier molecular flexibility index (Phi) is 8.87. The van der Waals surface area contributed by atoms with Crippen LogP contribution in [0.2, 0.25) is 0 Å². The van der Waals surface area contributed by atoms with Crippen molar-refractivity contribution in [2.24, 2.45) is 10.9 Å². The molecule has 2 aromatic rings. The molecule has 1 saturated heterocycles. The predicted molar refractivity (Wildman–Crippen MR) is 167 cm³/mol. The first-order chi connectivity index (χ1) is 19.4. The van der Waals surface area contributed by atoms with Crippen molar-refractivity contribution in [3.05, 3.63) is 94.8 Å². The molecule has 5 nitrogen and oxygen atoms in total. The summed E-state index contributed by atoms with van der Waals surface area (Å²) in [5, 5.41) is 8.77. The van der Waals surface area contributed by atoms with E-state index in [9.17, 15) is 0 Å². The fraction of sp³-hybridized carbons (Fsp3) is 0.429. The molecule has 2 unspecified atom stereocenters. The molecule has 208 valence electrons. The van der Waals surface area contributed by atoms with Gasteiger partial charge in [-0.3, -0.25) is 5.41 Å². The second-order valence-corrected chi connectivity index (χ2v) is 11.4. The molecule has 0 aliphatic carbocycles. The minimum absolute atomic E-state index is 0.155. The number of piperazine rings is 1. The SMILES string of the molecule is C=C(CC(C#CC)c1ccccc1)N1CCc2ccc(C3=NC(=N)C(CC)CC(N4CCN(C)CC4)=C3)cc2C1. The first-order valence-corrected chi connectivity index (χ1v) is 14.8. The van der Waals surface area contributed by atoms with E-state index >= 15 is 0 Å². The van der Waals surface area contributed by atoms with Crippen LogP contribution in [0.5, 0.6) is 0 Å². The van der Waals surface area contributed by atoms with E-state index in [1.165, 1.54) is 22.4 Å². The van der Waals surface area contributed by atoms with Crippen molar-refractivity contribution in [2.45, 2.75) is 52.0 Å². The van der Waals surface area contributed by atoms with Crippen molar-refractivity contribution in [1.82, 2.24) is 14.7 Å². The normalized spacial score (nSPS) is 20.5. The fourth-order valence-electron chi connectivity index (χ4n) is 6.08. The average molecular weight is 534 g/mol. The highest BCUT2D eigenvalue weighted by molar-refractivity contribution is 6.14. The summed E-state index contributed by atoms with van der Waals surface area (Å²) in [5.41, 5.74) is 8.50. The van der Waals surface area contributed by atoms with Crippen molar-refractivity contribution < 1.29 is 0 Å². The molecule has 2 aromatic carbocycles. The predicted octanol–water partition coefficient (Wildman–Crippen LogP) is 6.08. The molecule has 0 spiro atoms. The standard InChI is InChI=1S/C35H43N5/c1-5-10-30(28-11-8-7-9-12-28)21-26(3)40-16-15-29-13-14-31(22-32(29)25-40)34-24-33(23-27(6-2)35(36)37-34)39-19-17-38(4)18-20-39/h7-9,11-14,22,24,27,30,36H,3,6,15-21,23,25H2,1-2,4H3. The molecular weight excluding hydrogens is 490 g/mol. The third-order valence-corrected chi connectivity index (χ3v) is 8.71. The van der Waals surface area contributed by atoms with Gasteiger partial charge < -0.3 is 14.7 Å². The lowest BCUT2D eigenvalue weighted by atomic mass is 9.92. The summed E-state index contributed by atoms with van der Waals surface area (Å²) in [6, 6.07) is 17.4. The fourth-order valence-corrected chi connectivity index (χ4v) is 6.08. The summed E-state index contributed by atoms with van der Waals surface area (Å²) in [5.74, 6) is 7.37. The van der Waals surface area contributed by atoms with Gasteiger partial charge in [-0.2, -0.15) is 0 Å². The largest absolute Gasteiger partial charge is 0.372 e. The van der Waals surface area contributed by atoms with Gasteiger partial charge in [-0.05, 0) is 62.1 Å². The highest BCUT2D eigenvalue weighted by Crippen LogP contribution is 2.30. The number of nitrogens with one attached hydrogen (secondary N) is 1. The molecule has 3 aliphatic heterocycles. The summed E-state index contributed by atoms with van der Waals surface area (Å²) in [4.78, 5) is 12.2. The maximum Gasteiger partial charge on any atom is 0.124 e. The minimum atomic E-state index is 0.155. The van der Waals surface area contributed by atoms with Gasteiger partial charge in [0.25, 0.3) is 0 Å². The van der Waals surface area contributed by atoms with Crippen LogP contribution in [0.25, 0.3) is 0 Å². The number of hydrogen-bond donors (Lipinski definition) is 1. The van der Waals surface area contributed by atoms with E-state index in [1.807, 2.05) is 6.92 Å². The van der Waals surface area contributed by atoms with Crippen molar-refractivity contribution in [2.75, 3.05) is 39.8 Å². The number of amidine groups is 1. The van der Waals surface area contributed by atoms with Crippen LogP contribution in [0.15, 0.2) is 77.6 Å². The first kappa shape index (κ1) is 27.9. The number of nitrogens with zero attached hydrogens (tertiary/aromatic N) is 4. The van der Waals surface area contributed by atoms with Crippen molar-refractivity contribution >= 4 is 11.5 Å². The second kappa shape index (κ2) is 12.7. The van der Waals surface area contributed by atoms with Crippen molar-refractivity contribution in [1.29, 1.82) is 5.41 Å². The minimum Gasteiger partial charge on any atom is -0.372 e. The van der Waals surface area contributed by atoms with Crippen LogP contribution >= 0.6 is 0 Å². The third kappa shape index (κ3) is 6.40. The van der Waals surface area contributed by atoms with Gasteiger partial charge in [0, 0.05) is 68.6 Å². The van der Waals surface area contributed by atoms with E-state index in [1.54, 1.807) is 0 Å². The number of allylic oxidation sites excluding steroid dienone is 3. The zero-order valence-corrected chi connectivity index (χ0v) is 24.4. The summed E-state index contributed by atoms with van der Waals surface area (Å²) in [6.45, 7) is 14.6. The van der Waals surface area contributed by atoms with Crippen LogP contribution in [0.1, 0.15) is 61.3 Å². The van der Waals surface area contributed by atoms with E-state index < -0.39 is 0 Å². The number of fused-ring (bicyclic) bond motifs is 1. The van der Waals surface area contributed by atoms with E-state index in [-0.39, 0.29) is 11.8 Å². The molecule has 3 aliphatic rings. The first-order valence-electron chi connectivity index (χ1n) is 14.8. The molecule has 5 rings (SSSR count). The Labute approximate surface area is 240 Å². The van der Waals surface area contributed by atoms with Gasteiger partial charge in [-0.15, -0.1) is 5.92 Å². The van der Waals surface area contributed by atoms with Gasteiger partial charge in [-0.25, -0.2) is 4.99 Å². The Bertz CT molecular complexity index is 1350. The maximum atomic E-state index is 8.77. The van der Waals surface area contributed by atoms with Gasteiger partial charge in [0.15, 0.2) is 0 Å². The Balaban J connectivity index is 1.37. The molecule has 1 fully saturated rings. The average Bonchev–Trinajstić information content (AvgIpc) is 3.15. The van der Waals surface area contributed by atoms with Crippen molar-refractivity contribution in [3.63, 3.8) is 0 Å². The topological polar surface area (TPSA) is 45.9 Å². The van der Waals surface area contributed by atoms with E-state index in [4.69, 9.17) is 10.4 Å².